The van der Waals surface area contributed by atoms with Crippen molar-refractivity contribution in [3.8, 4) is 5.75 Å². The van der Waals surface area contributed by atoms with Gasteiger partial charge >= 0.3 is 5.97 Å². The van der Waals surface area contributed by atoms with Crippen LogP contribution in [-0.2, 0) is 16.1 Å². The Balaban J connectivity index is 1.73. The Hall–Kier alpha value is -2.20. The van der Waals surface area contributed by atoms with Crippen LogP contribution in [0.2, 0.25) is 0 Å². The number of carboxylic acids is 1. The molecule has 148 valence electrons. The van der Waals surface area contributed by atoms with E-state index in [0.29, 0.717) is 37.3 Å². The average molecular weight is 378 g/mol. The van der Waals surface area contributed by atoms with Crippen molar-refractivity contribution in [2.75, 3.05) is 6.54 Å². The number of benzene rings is 1. The van der Waals surface area contributed by atoms with Crippen LogP contribution >= 0.6 is 0 Å². The lowest BCUT2D eigenvalue weighted by molar-refractivity contribution is -0.179. The minimum Gasteiger partial charge on any atom is -0.486 e. The Bertz CT molecular complexity index is 762. The standard InChI is InChI=1S/C18H26N4O5/c1-17(27-21,16(23)24)14-5-3-10-6-11(2-4-13(10)26-14)15(20)22-12-7-18(25,8-12)9-19/h2,4,6,12,14,25H,3,5,7-9,19,21H2,1H3,(H2,20,22)(H,23,24)/t12?,14?,17-,18?/m0/s1. The minimum absolute atomic E-state index is 0.0341. The van der Waals surface area contributed by atoms with Crippen molar-refractivity contribution in [1.29, 1.82) is 0 Å². The predicted molar refractivity (Wildman–Crippen MR) is 98.2 cm³/mol. The number of hydrogen-bond donors (Lipinski definition) is 5. The average Bonchev–Trinajstić information content (AvgIpc) is 2.64. The first-order valence-corrected chi connectivity index (χ1v) is 8.88. The minimum atomic E-state index is -1.62. The van der Waals surface area contributed by atoms with Gasteiger partial charge < -0.3 is 26.4 Å². The van der Waals surface area contributed by atoms with Crippen LogP contribution in [0, 0.1) is 0 Å². The second-order valence-electron chi connectivity index (χ2n) is 7.50. The van der Waals surface area contributed by atoms with E-state index in [2.05, 4.69) is 4.99 Å². The highest BCUT2D eigenvalue weighted by Crippen LogP contribution is 2.35. The third kappa shape index (κ3) is 3.63. The van der Waals surface area contributed by atoms with Crippen LogP contribution < -0.4 is 22.1 Å². The van der Waals surface area contributed by atoms with Crippen molar-refractivity contribution in [2.24, 2.45) is 22.4 Å². The van der Waals surface area contributed by atoms with Crippen molar-refractivity contribution < 1.29 is 24.6 Å². The number of aryl methyl sites for hydroxylation is 1. The van der Waals surface area contributed by atoms with Crippen molar-refractivity contribution in [1.82, 2.24) is 0 Å². The van der Waals surface area contributed by atoms with Crippen molar-refractivity contribution in [2.45, 2.75) is 56.0 Å². The van der Waals surface area contributed by atoms with Crippen LogP contribution in [0.5, 0.6) is 5.75 Å². The number of aliphatic imine (C=N–C) groups is 1. The van der Waals surface area contributed by atoms with Gasteiger partial charge in [-0.15, -0.1) is 0 Å². The molecule has 1 fully saturated rings. The summed E-state index contributed by atoms with van der Waals surface area (Å²) in [6.45, 7) is 1.61. The molecule has 1 aromatic carbocycles. The van der Waals surface area contributed by atoms with E-state index in [0.717, 1.165) is 11.1 Å². The summed E-state index contributed by atoms with van der Waals surface area (Å²) in [7, 11) is 0. The molecule has 0 radical (unpaired) electrons. The summed E-state index contributed by atoms with van der Waals surface area (Å²) in [5.41, 5.74) is 10.9. The van der Waals surface area contributed by atoms with Gasteiger partial charge in [0.1, 0.15) is 17.7 Å². The molecule has 3 rings (SSSR count). The summed E-state index contributed by atoms with van der Waals surface area (Å²) in [5.74, 6) is 4.99. The first kappa shape index (κ1) is 19.6. The summed E-state index contributed by atoms with van der Waals surface area (Å²) in [6.07, 6.45) is 1.36. The van der Waals surface area contributed by atoms with Crippen molar-refractivity contribution in [3.63, 3.8) is 0 Å². The molecular weight excluding hydrogens is 352 g/mol. The lowest BCUT2D eigenvalue weighted by Crippen LogP contribution is -2.54. The van der Waals surface area contributed by atoms with Crippen molar-refractivity contribution >= 4 is 11.8 Å². The molecule has 1 unspecified atom stereocenters. The summed E-state index contributed by atoms with van der Waals surface area (Å²) < 4.78 is 5.83. The van der Waals surface area contributed by atoms with Gasteiger partial charge in [-0.1, -0.05) is 0 Å². The normalized spacial score (nSPS) is 29.9. The molecule has 0 saturated heterocycles. The molecule has 0 bridgehead atoms. The molecule has 1 aliphatic carbocycles. The van der Waals surface area contributed by atoms with E-state index >= 15 is 0 Å². The van der Waals surface area contributed by atoms with E-state index in [1.165, 1.54) is 6.92 Å². The topological polar surface area (TPSA) is 166 Å². The van der Waals surface area contributed by atoms with E-state index in [1.54, 1.807) is 12.1 Å². The van der Waals surface area contributed by atoms with Gasteiger partial charge in [0, 0.05) is 12.1 Å². The number of carboxylic acid groups (broad SMARTS) is 1. The van der Waals surface area contributed by atoms with Crippen LogP contribution in [0.3, 0.4) is 0 Å². The maximum absolute atomic E-state index is 11.5. The van der Waals surface area contributed by atoms with Gasteiger partial charge in [0.05, 0.1) is 11.6 Å². The molecular formula is C18H26N4O5. The largest absolute Gasteiger partial charge is 0.486 e. The van der Waals surface area contributed by atoms with Crippen LogP contribution in [0.25, 0.3) is 0 Å². The number of nitrogens with zero attached hydrogens (tertiary/aromatic N) is 1. The number of aliphatic carboxylic acids is 1. The molecule has 9 nitrogen and oxygen atoms in total. The van der Waals surface area contributed by atoms with Gasteiger partial charge in [-0.05, 0) is 56.4 Å². The Morgan fingerprint density at radius 2 is 2.19 bits per heavy atom. The zero-order chi connectivity index (χ0) is 19.8. The van der Waals surface area contributed by atoms with Crippen LogP contribution in [0.1, 0.15) is 37.3 Å². The third-order valence-electron chi connectivity index (χ3n) is 5.52. The number of aliphatic hydroxyl groups is 1. The molecule has 1 aliphatic heterocycles. The lowest BCUT2D eigenvalue weighted by Gasteiger charge is -2.40. The maximum Gasteiger partial charge on any atom is 0.341 e. The van der Waals surface area contributed by atoms with E-state index in [1.807, 2.05) is 6.07 Å². The van der Waals surface area contributed by atoms with Crippen molar-refractivity contribution in [3.05, 3.63) is 29.3 Å². The number of rotatable bonds is 6. The third-order valence-corrected chi connectivity index (χ3v) is 5.52. The SMILES string of the molecule is C[C@@](ON)(C(=O)O)C1CCc2cc(C(N)=NC3CC(O)(CN)C3)ccc2O1. The molecule has 9 heteroatoms. The smallest absolute Gasteiger partial charge is 0.341 e. The molecule has 1 aromatic rings. The fourth-order valence-electron chi connectivity index (χ4n) is 3.55. The lowest BCUT2D eigenvalue weighted by atomic mass is 9.76. The summed E-state index contributed by atoms with van der Waals surface area (Å²) in [5, 5.41) is 19.3. The molecule has 2 aliphatic rings. The molecule has 1 heterocycles. The number of amidine groups is 1. The zero-order valence-electron chi connectivity index (χ0n) is 15.2. The highest BCUT2D eigenvalue weighted by atomic mass is 16.7. The summed E-state index contributed by atoms with van der Waals surface area (Å²) >= 11 is 0. The Labute approximate surface area is 157 Å². The van der Waals surface area contributed by atoms with Gasteiger partial charge in [0.2, 0.25) is 5.60 Å². The first-order chi connectivity index (χ1) is 12.7. The van der Waals surface area contributed by atoms with E-state index in [9.17, 15) is 15.0 Å². The first-order valence-electron chi connectivity index (χ1n) is 8.88. The monoisotopic (exact) mass is 378 g/mol. The molecule has 0 aromatic heterocycles. The molecule has 2 atom stereocenters. The molecule has 0 amide bonds. The van der Waals surface area contributed by atoms with Crippen LogP contribution in [-0.4, -0.2) is 51.9 Å². The van der Waals surface area contributed by atoms with Gasteiger partial charge in [0.25, 0.3) is 0 Å². The van der Waals surface area contributed by atoms with Gasteiger partial charge in [0.15, 0.2) is 0 Å². The van der Waals surface area contributed by atoms with Gasteiger partial charge in [-0.2, -0.15) is 0 Å². The molecule has 8 N–H and O–H groups in total. The van der Waals surface area contributed by atoms with Gasteiger partial charge in [-0.25, -0.2) is 10.7 Å². The predicted octanol–water partition coefficient (Wildman–Crippen LogP) is -0.329. The Morgan fingerprint density at radius 1 is 1.48 bits per heavy atom. The van der Waals surface area contributed by atoms with E-state index in [-0.39, 0.29) is 12.6 Å². The zero-order valence-corrected chi connectivity index (χ0v) is 15.2. The fourth-order valence-corrected chi connectivity index (χ4v) is 3.55. The number of fused-ring (bicyclic) bond motifs is 1. The number of ether oxygens (including phenoxy) is 1. The Kier molecular flexibility index (Phi) is 5.13. The maximum atomic E-state index is 11.5. The molecule has 0 spiro atoms. The van der Waals surface area contributed by atoms with Crippen LogP contribution in [0.15, 0.2) is 23.2 Å². The second-order valence-corrected chi connectivity index (χ2v) is 7.50. The summed E-state index contributed by atoms with van der Waals surface area (Å²) in [6, 6.07) is 5.37. The molecule has 27 heavy (non-hydrogen) atoms. The van der Waals surface area contributed by atoms with E-state index in [4.69, 9.17) is 26.9 Å². The highest BCUT2D eigenvalue weighted by Gasteiger charge is 2.46. The fraction of sp³-hybridized carbons (Fsp3) is 0.556. The second kappa shape index (κ2) is 7.08. The Morgan fingerprint density at radius 3 is 2.78 bits per heavy atom. The number of hydrogen-bond acceptors (Lipinski definition) is 7. The summed E-state index contributed by atoms with van der Waals surface area (Å²) in [4.78, 5) is 20.6. The highest BCUT2D eigenvalue weighted by molar-refractivity contribution is 5.98. The number of carbonyl (C=O) groups is 1. The molecule has 1 saturated carbocycles. The van der Waals surface area contributed by atoms with E-state index < -0.39 is 23.3 Å². The van der Waals surface area contributed by atoms with Gasteiger partial charge in [-0.3, -0.25) is 9.83 Å². The van der Waals surface area contributed by atoms with Crippen LogP contribution in [0.4, 0.5) is 0 Å². The quantitative estimate of drug-likeness (QED) is 0.255. The number of nitrogens with two attached hydrogens (primary N) is 3.